The van der Waals surface area contributed by atoms with Gasteiger partial charge in [-0.2, -0.15) is 0 Å². The van der Waals surface area contributed by atoms with Crippen LogP contribution in [0, 0.1) is 11.8 Å². The minimum Gasteiger partial charge on any atom is -0.324 e. The molecule has 0 unspecified atom stereocenters. The largest absolute Gasteiger partial charge is 0.324 e. The van der Waals surface area contributed by atoms with E-state index in [9.17, 15) is 4.57 Å². The molecular weight excluding hydrogens is 203 g/mol. The Labute approximate surface area is 96.4 Å². The molecule has 2 heteroatoms. The number of unbranched alkanes of at least 4 members (excludes halogenated alkanes) is 2. The Balaban J connectivity index is 4.21. The van der Waals surface area contributed by atoms with Gasteiger partial charge in [-0.15, -0.1) is 0 Å². The topological polar surface area (TPSA) is 17.1 Å². The molecule has 0 aromatic rings. The predicted molar refractivity (Wildman–Crippen MR) is 71.4 cm³/mol. The Kier molecular flexibility index (Phi) is 7.61. The number of hydrogen-bond donors (Lipinski definition) is 0. The first-order valence-electron chi connectivity index (χ1n) is 6.46. The second kappa shape index (κ2) is 7.49. The maximum atomic E-state index is 12.7. The minimum absolute atomic E-state index is 0.580. The van der Waals surface area contributed by atoms with Gasteiger partial charge in [-0.3, -0.25) is 0 Å². The van der Waals surface area contributed by atoms with Gasteiger partial charge < -0.3 is 4.57 Å². The van der Waals surface area contributed by atoms with Crippen LogP contribution in [-0.4, -0.2) is 18.5 Å². The molecular formula is C13H29OP. The molecule has 0 amide bonds. The zero-order valence-corrected chi connectivity index (χ0v) is 12.1. The number of hydrogen-bond acceptors (Lipinski definition) is 1. The van der Waals surface area contributed by atoms with Crippen LogP contribution in [0.2, 0.25) is 0 Å². The highest BCUT2D eigenvalue weighted by Crippen LogP contribution is 2.49. The van der Waals surface area contributed by atoms with E-state index < -0.39 is 7.14 Å². The zero-order valence-electron chi connectivity index (χ0n) is 11.3. The summed E-state index contributed by atoms with van der Waals surface area (Å²) >= 11 is 0. The Hall–Kier alpha value is 0.230. The molecule has 0 aliphatic heterocycles. The summed E-state index contributed by atoms with van der Waals surface area (Å²) in [6, 6.07) is 0. The lowest BCUT2D eigenvalue weighted by molar-refractivity contribution is 0.552. The van der Waals surface area contributed by atoms with Crippen molar-refractivity contribution < 1.29 is 4.57 Å². The molecule has 0 saturated heterocycles. The molecule has 0 heterocycles. The smallest absolute Gasteiger partial charge is 0.0882 e. The fourth-order valence-corrected chi connectivity index (χ4v) is 6.21. The van der Waals surface area contributed by atoms with Crippen LogP contribution in [0.5, 0.6) is 0 Å². The van der Waals surface area contributed by atoms with E-state index in [2.05, 4.69) is 34.6 Å². The monoisotopic (exact) mass is 232 g/mol. The third-order valence-electron chi connectivity index (χ3n) is 2.56. The van der Waals surface area contributed by atoms with Crippen molar-refractivity contribution in [2.45, 2.75) is 53.9 Å². The average molecular weight is 232 g/mol. The second-order valence-electron chi connectivity index (χ2n) is 5.64. The lowest BCUT2D eigenvalue weighted by Gasteiger charge is -2.22. The summed E-state index contributed by atoms with van der Waals surface area (Å²) in [6.45, 7) is 11.0. The van der Waals surface area contributed by atoms with Crippen molar-refractivity contribution in [3.8, 4) is 0 Å². The summed E-state index contributed by atoms with van der Waals surface area (Å²) in [6.07, 6.45) is 6.51. The van der Waals surface area contributed by atoms with Gasteiger partial charge in [-0.1, -0.05) is 47.5 Å². The maximum Gasteiger partial charge on any atom is 0.0882 e. The highest BCUT2D eigenvalue weighted by molar-refractivity contribution is 7.63. The summed E-state index contributed by atoms with van der Waals surface area (Å²) < 4.78 is 12.7. The Morgan fingerprint density at radius 2 is 1.40 bits per heavy atom. The maximum absolute atomic E-state index is 12.7. The van der Waals surface area contributed by atoms with Crippen LogP contribution >= 0.6 is 7.14 Å². The normalized spacial score (nSPS) is 12.7. The van der Waals surface area contributed by atoms with Crippen molar-refractivity contribution in [1.29, 1.82) is 0 Å². The van der Waals surface area contributed by atoms with Crippen molar-refractivity contribution in [2.75, 3.05) is 18.5 Å². The van der Waals surface area contributed by atoms with Gasteiger partial charge in [0.05, 0.1) is 7.14 Å². The first kappa shape index (κ1) is 15.2. The van der Waals surface area contributed by atoms with E-state index in [-0.39, 0.29) is 0 Å². The third kappa shape index (κ3) is 8.08. The van der Waals surface area contributed by atoms with Crippen molar-refractivity contribution in [2.24, 2.45) is 11.8 Å². The Morgan fingerprint density at radius 3 is 1.73 bits per heavy atom. The van der Waals surface area contributed by atoms with E-state index in [1.165, 1.54) is 12.8 Å². The fourth-order valence-electron chi connectivity index (χ4n) is 2.24. The number of rotatable bonds is 8. The molecule has 0 radical (unpaired) electrons. The zero-order chi connectivity index (χ0) is 11.9. The van der Waals surface area contributed by atoms with E-state index in [0.29, 0.717) is 11.8 Å². The first-order valence-corrected chi connectivity index (χ1v) is 8.73. The average Bonchev–Trinajstić information content (AvgIpc) is 2.00. The first-order chi connectivity index (χ1) is 6.89. The molecule has 0 aliphatic rings. The van der Waals surface area contributed by atoms with Crippen molar-refractivity contribution in [3.05, 3.63) is 0 Å². The predicted octanol–water partition coefficient (Wildman–Crippen LogP) is 4.85. The molecule has 15 heavy (non-hydrogen) atoms. The molecule has 0 N–H and O–H groups in total. The summed E-state index contributed by atoms with van der Waals surface area (Å²) in [5.41, 5.74) is 0. The van der Waals surface area contributed by atoms with Gasteiger partial charge in [0, 0.05) is 18.5 Å². The summed E-state index contributed by atoms with van der Waals surface area (Å²) in [7, 11) is -1.86. The molecule has 0 aromatic carbocycles. The summed E-state index contributed by atoms with van der Waals surface area (Å²) in [4.78, 5) is 0. The molecule has 0 saturated carbocycles. The van der Waals surface area contributed by atoms with Crippen LogP contribution in [0.4, 0.5) is 0 Å². The van der Waals surface area contributed by atoms with Crippen LogP contribution in [0.3, 0.4) is 0 Å². The van der Waals surface area contributed by atoms with Crippen LogP contribution in [-0.2, 0) is 4.57 Å². The highest BCUT2D eigenvalue weighted by Gasteiger charge is 2.23. The van der Waals surface area contributed by atoms with Crippen LogP contribution in [0.1, 0.15) is 53.9 Å². The van der Waals surface area contributed by atoms with E-state index in [0.717, 1.165) is 24.9 Å². The second-order valence-corrected chi connectivity index (χ2v) is 8.94. The van der Waals surface area contributed by atoms with Gasteiger partial charge in [-0.25, -0.2) is 0 Å². The van der Waals surface area contributed by atoms with E-state index >= 15 is 0 Å². The molecule has 0 rings (SSSR count). The summed E-state index contributed by atoms with van der Waals surface area (Å²) in [5.74, 6) is 1.16. The van der Waals surface area contributed by atoms with E-state index in [4.69, 9.17) is 0 Å². The third-order valence-corrected chi connectivity index (χ3v) is 6.49. The van der Waals surface area contributed by atoms with Crippen LogP contribution < -0.4 is 0 Å². The Morgan fingerprint density at radius 1 is 0.933 bits per heavy atom. The highest BCUT2D eigenvalue weighted by atomic mass is 31.2. The van der Waals surface area contributed by atoms with Crippen molar-refractivity contribution in [3.63, 3.8) is 0 Å². The van der Waals surface area contributed by atoms with Gasteiger partial charge >= 0.3 is 0 Å². The van der Waals surface area contributed by atoms with Crippen LogP contribution in [0.15, 0.2) is 0 Å². The Bertz CT molecular complexity index is 183. The van der Waals surface area contributed by atoms with Crippen LogP contribution in [0.25, 0.3) is 0 Å². The molecule has 0 spiro atoms. The van der Waals surface area contributed by atoms with Gasteiger partial charge in [0.15, 0.2) is 0 Å². The van der Waals surface area contributed by atoms with Crippen molar-refractivity contribution in [1.82, 2.24) is 0 Å². The van der Waals surface area contributed by atoms with Gasteiger partial charge in [0.25, 0.3) is 0 Å². The summed E-state index contributed by atoms with van der Waals surface area (Å²) in [5, 5.41) is 0. The van der Waals surface area contributed by atoms with Gasteiger partial charge in [0.2, 0.25) is 0 Å². The molecule has 0 bridgehead atoms. The fraction of sp³-hybridized carbons (Fsp3) is 1.00. The van der Waals surface area contributed by atoms with E-state index in [1.807, 2.05) is 0 Å². The molecule has 0 atom stereocenters. The minimum atomic E-state index is -1.86. The van der Waals surface area contributed by atoms with E-state index in [1.54, 1.807) is 0 Å². The molecule has 0 aromatic heterocycles. The SMILES string of the molecule is CCCCCP(=O)(CC(C)C)CC(C)C. The van der Waals surface area contributed by atoms with Gasteiger partial charge in [-0.05, 0) is 18.3 Å². The molecule has 92 valence electrons. The quantitative estimate of drug-likeness (QED) is 0.432. The molecule has 0 aliphatic carbocycles. The van der Waals surface area contributed by atoms with Crippen molar-refractivity contribution >= 4 is 7.14 Å². The molecule has 0 fully saturated rings. The lowest BCUT2D eigenvalue weighted by atomic mass is 10.3. The standard InChI is InChI=1S/C13H29OP/c1-6-7-8-9-15(14,10-12(2)3)11-13(4)5/h12-13H,6-11H2,1-5H3. The molecule has 1 nitrogen and oxygen atoms in total. The van der Waals surface area contributed by atoms with Gasteiger partial charge in [0.1, 0.15) is 0 Å². The lowest BCUT2D eigenvalue weighted by Crippen LogP contribution is -2.09.